The van der Waals surface area contributed by atoms with Gasteiger partial charge in [-0.15, -0.1) is 0 Å². The van der Waals surface area contributed by atoms with Crippen LogP contribution in [0.25, 0.3) is 10.8 Å². The summed E-state index contributed by atoms with van der Waals surface area (Å²) in [5.41, 5.74) is 0.233. The number of hydrogen-bond acceptors (Lipinski definition) is 6. The molecule has 0 unspecified atom stereocenters. The molecule has 7 N–H and O–H groups in total. The number of aromatic nitrogens is 1. The molecule has 2 heterocycles. The van der Waals surface area contributed by atoms with Gasteiger partial charge in [0, 0.05) is 28.3 Å². The highest BCUT2D eigenvalue weighted by Crippen LogP contribution is 2.37. The van der Waals surface area contributed by atoms with Crippen LogP contribution in [0.1, 0.15) is 48.5 Å². The first kappa shape index (κ1) is 32.6. The van der Waals surface area contributed by atoms with Crippen LogP contribution < -0.4 is 11.6 Å². The van der Waals surface area contributed by atoms with Gasteiger partial charge in [0.05, 0.1) is 11.2 Å². The molecule has 0 aliphatic carbocycles. The fourth-order valence-corrected chi connectivity index (χ4v) is 2.51. The lowest BCUT2D eigenvalue weighted by molar-refractivity contribution is 0.00578. The molecule has 12 heteroatoms. The van der Waals surface area contributed by atoms with E-state index >= 15 is 0 Å². The average molecular weight is 489 g/mol. The zero-order valence-corrected chi connectivity index (χ0v) is 20.8. The number of rotatable bonds is 1. The van der Waals surface area contributed by atoms with Crippen LogP contribution in [-0.2, 0) is 9.31 Å². The van der Waals surface area contributed by atoms with Crippen molar-refractivity contribution >= 4 is 47.3 Å². The summed E-state index contributed by atoms with van der Waals surface area (Å²) >= 11 is 6.03. The standard InChI is InChI=1S/C15H17BClNO2.C4H10.2CH2O3.H3N/c1-14(2)15(3,4)20-16(19-14)13-9-18-8-10-7-11(17)5-6-12(10)13;1-4(2)3;2*2-1(3)4;/h5-9H,1-4H3;4H,1-3H3;2*(H2,2,3,4);1H3. The molecule has 1 fully saturated rings. The first-order valence-electron chi connectivity index (χ1n) is 9.72. The molecule has 0 atom stereocenters. The zero-order chi connectivity index (χ0) is 25.3. The molecule has 33 heavy (non-hydrogen) atoms. The van der Waals surface area contributed by atoms with E-state index in [4.69, 9.17) is 50.9 Å². The fourth-order valence-electron chi connectivity index (χ4n) is 2.33. The van der Waals surface area contributed by atoms with Crippen molar-refractivity contribution in [2.75, 3.05) is 0 Å². The molecule has 10 nitrogen and oxygen atoms in total. The predicted octanol–water partition coefficient (Wildman–Crippen LogP) is 5.46. The molecule has 1 aliphatic heterocycles. The summed E-state index contributed by atoms with van der Waals surface area (Å²) in [6.45, 7) is 14.7. The smallest absolute Gasteiger partial charge is 0.450 e. The van der Waals surface area contributed by atoms with Crippen molar-refractivity contribution < 1.29 is 39.3 Å². The largest absolute Gasteiger partial charge is 0.503 e. The Morgan fingerprint density at radius 1 is 0.939 bits per heavy atom. The minimum absolute atomic E-state index is 0. The van der Waals surface area contributed by atoms with Crippen LogP contribution in [-0.4, -0.2) is 56.0 Å². The van der Waals surface area contributed by atoms with E-state index in [2.05, 4.69) is 25.8 Å². The second-order valence-electron chi connectivity index (χ2n) is 8.48. The van der Waals surface area contributed by atoms with E-state index in [9.17, 15) is 0 Å². The Hall–Kier alpha value is -2.60. The summed E-state index contributed by atoms with van der Waals surface area (Å²) in [5, 5.41) is 30.6. The second kappa shape index (κ2) is 13.8. The molecule has 0 spiro atoms. The molecule has 1 aliphatic rings. The molecule has 0 saturated carbocycles. The molecule has 1 saturated heterocycles. The van der Waals surface area contributed by atoms with Crippen molar-refractivity contribution in [3.8, 4) is 0 Å². The predicted molar refractivity (Wildman–Crippen MR) is 129 cm³/mol. The van der Waals surface area contributed by atoms with E-state index in [1.807, 2.05) is 45.9 Å². The van der Waals surface area contributed by atoms with Gasteiger partial charge in [-0.1, -0.05) is 38.4 Å². The number of fused-ring (bicyclic) bond motifs is 1. The van der Waals surface area contributed by atoms with E-state index in [0.717, 1.165) is 22.2 Å². The van der Waals surface area contributed by atoms with Crippen molar-refractivity contribution in [3.63, 3.8) is 0 Å². The molecular weight excluding hydrogens is 455 g/mol. The molecule has 1 aromatic carbocycles. The first-order chi connectivity index (χ1) is 14.5. The van der Waals surface area contributed by atoms with Crippen molar-refractivity contribution in [2.45, 2.75) is 59.7 Å². The van der Waals surface area contributed by atoms with Gasteiger partial charge in [0.2, 0.25) is 0 Å². The lowest BCUT2D eigenvalue weighted by Crippen LogP contribution is -2.41. The van der Waals surface area contributed by atoms with Crippen LogP contribution in [0.15, 0.2) is 30.6 Å². The van der Waals surface area contributed by atoms with Crippen molar-refractivity contribution in [2.24, 2.45) is 5.92 Å². The van der Waals surface area contributed by atoms with Crippen molar-refractivity contribution in [1.29, 1.82) is 0 Å². The third-order valence-corrected chi connectivity index (χ3v) is 4.49. The Balaban J connectivity index is 0. The molecule has 1 aromatic heterocycles. The van der Waals surface area contributed by atoms with Crippen molar-refractivity contribution in [3.05, 3.63) is 35.6 Å². The third kappa shape index (κ3) is 11.7. The maximum Gasteiger partial charge on any atom is 0.503 e. The Morgan fingerprint density at radius 3 is 1.73 bits per heavy atom. The highest BCUT2D eigenvalue weighted by Gasteiger charge is 2.52. The molecular formula is C21H34BClN2O8. The summed E-state index contributed by atoms with van der Waals surface area (Å²) in [7, 11) is -0.405. The van der Waals surface area contributed by atoms with E-state index in [-0.39, 0.29) is 17.4 Å². The van der Waals surface area contributed by atoms with Crippen LogP contribution in [0.5, 0.6) is 0 Å². The molecule has 0 amide bonds. The molecule has 2 aromatic rings. The van der Waals surface area contributed by atoms with Crippen molar-refractivity contribution in [1.82, 2.24) is 11.1 Å². The van der Waals surface area contributed by atoms with Gasteiger partial charge < -0.3 is 35.9 Å². The zero-order valence-electron chi connectivity index (χ0n) is 20.0. The fraction of sp³-hybridized carbons (Fsp3) is 0.476. The van der Waals surface area contributed by atoms with Crippen LogP contribution in [0.4, 0.5) is 9.59 Å². The monoisotopic (exact) mass is 488 g/mol. The third-order valence-electron chi connectivity index (χ3n) is 4.26. The van der Waals surface area contributed by atoms with Gasteiger partial charge in [-0.3, -0.25) is 4.98 Å². The van der Waals surface area contributed by atoms with E-state index in [0.29, 0.717) is 5.02 Å². The van der Waals surface area contributed by atoms with Crippen LogP contribution in [0.2, 0.25) is 5.02 Å². The summed E-state index contributed by atoms with van der Waals surface area (Å²) in [6.07, 6.45) is -0.0612. The molecule has 0 radical (unpaired) electrons. The maximum atomic E-state index is 8.56. The average Bonchev–Trinajstić information content (AvgIpc) is 2.80. The second-order valence-corrected chi connectivity index (χ2v) is 8.92. The van der Waals surface area contributed by atoms with E-state index < -0.39 is 19.4 Å². The lowest BCUT2D eigenvalue weighted by atomic mass is 9.77. The van der Waals surface area contributed by atoms with Crippen LogP contribution in [0, 0.1) is 5.92 Å². The van der Waals surface area contributed by atoms with Crippen LogP contribution in [0.3, 0.4) is 0 Å². The topological polar surface area (TPSA) is 181 Å². The minimum atomic E-state index is -1.83. The van der Waals surface area contributed by atoms with Gasteiger partial charge in [0.1, 0.15) is 0 Å². The van der Waals surface area contributed by atoms with Gasteiger partial charge in [-0.2, -0.15) is 0 Å². The van der Waals surface area contributed by atoms with Gasteiger partial charge >= 0.3 is 19.4 Å². The highest BCUT2D eigenvalue weighted by molar-refractivity contribution is 6.65. The van der Waals surface area contributed by atoms with E-state index in [1.165, 1.54) is 0 Å². The molecule has 3 rings (SSSR count). The lowest BCUT2D eigenvalue weighted by Gasteiger charge is -2.32. The van der Waals surface area contributed by atoms with Gasteiger partial charge in [0.25, 0.3) is 0 Å². The number of pyridine rings is 1. The maximum absolute atomic E-state index is 8.56. The van der Waals surface area contributed by atoms with E-state index in [1.54, 1.807) is 12.4 Å². The SMILES string of the molecule is CC(C)C.CC1(C)OB(c2cncc3cc(Cl)ccc23)OC1(C)C.N.O=C(O)O.O=C(O)O. The van der Waals surface area contributed by atoms with Gasteiger partial charge in [-0.05, 0) is 51.1 Å². The summed E-state index contributed by atoms with van der Waals surface area (Å²) < 4.78 is 12.2. The Kier molecular flexibility index (Phi) is 13.7. The normalized spacial score (nSPS) is 15.0. The minimum Gasteiger partial charge on any atom is -0.450 e. The van der Waals surface area contributed by atoms with Gasteiger partial charge in [0.15, 0.2) is 0 Å². The Labute approximate surface area is 199 Å². The first-order valence-corrected chi connectivity index (χ1v) is 10.1. The number of carboxylic acid groups (broad SMARTS) is 4. The van der Waals surface area contributed by atoms with Gasteiger partial charge in [-0.25, -0.2) is 9.59 Å². The summed E-state index contributed by atoms with van der Waals surface area (Å²) in [4.78, 5) is 21.4. The summed E-state index contributed by atoms with van der Waals surface area (Å²) in [6, 6.07) is 5.76. The Bertz CT molecular complexity index is 870. The molecule has 0 bridgehead atoms. The summed E-state index contributed by atoms with van der Waals surface area (Å²) in [5.74, 6) is 0.833. The quantitative estimate of drug-likeness (QED) is 0.323. The highest BCUT2D eigenvalue weighted by atomic mass is 35.5. The number of benzene rings is 1. The van der Waals surface area contributed by atoms with Crippen LogP contribution >= 0.6 is 11.6 Å². The Morgan fingerprint density at radius 2 is 1.33 bits per heavy atom. The number of halogens is 1. The molecule has 186 valence electrons. The number of nitrogens with zero attached hydrogens (tertiary/aromatic N) is 1. The number of hydrogen-bond donors (Lipinski definition) is 5. The number of carbonyl (C=O) groups is 2.